The van der Waals surface area contributed by atoms with Crippen molar-refractivity contribution in [1.82, 2.24) is 10.2 Å². The molecule has 5 rings (SSSR count). The summed E-state index contributed by atoms with van der Waals surface area (Å²) in [5.41, 5.74) is 6.02. The fourth-order valence-electron chi connectivity index (χ4n) is 4.84. The fraction of sp³-hybridized carbons (Fsp3) is 0.267. The Morgan fingerprint density at radius 2 is 1.69 bits per heavy atom. The van der Waals surface area contributed by atoms with Gasteiger partial charge in [-0.25, -0.2) is 9.59 Å². The van der Waals surface area contributed by atoms with Crippen molar-refractivity contribution in [3.8, 4) is 6.07 Å². The third-order valence-electron chi connectivity index (χ3n) is 6.91. The number of alkyl halides is 3. The van der Waals surface area contributed by atoms with Gasteiger partial charge in [-0.3, -0.25) is 4.79 Å². The number of carboxylic acid groups (broad SMARTS) is 1. The van der Waals surface area contributed by atoms with Crippen LogP contribution in [-0.2, 0) is 17.8 Å². The molecule has 218 valence electrons. The van der Waals surface area contributed by atoms with Crippen LogP contribution >= 0.6 is 0 Å². The number of carbonyl (C=O) groups excluding carboxylic acids is 2. The Morgan fingerprint density at radius 3 is 2.38 bits per heavy atom. The molecule has 0 radical (unpaired) electrons. The number of urea groups is 1. The number of likely N-dealkylation sites (tertiary alicyclic amines) is 1. The fourth-order valence-corrected chi connectivity index (χ4v) is 4.84. The van der Waals surface area contributed by atoms with E-state index in [0.29, 0.717) is 23.4 Å². The molecule has 0 aromatic heterocycles. The summed E-state index contributed by atoms with van der Waals surface area (Å²) in [6.45, 7) is 2.46. The topological polar surface area (TPSA) is 135 Å². The molecule has 2 aliphatic rings. The number of benzene rings is 3. The number of rotatable bonds is 4. The van der Waals surface area contributed by atoms with E-state index < -0.39 is 12.1 Å². The summed E-state index contributed by atoms with van der Waals surface area (Å²) in [6.07, 6.45) is -2.31. The zero-order chi connectivity index (χ0) is 30.3. The van der Waals surface area contributed by atoms with Crippen LogP contribution in [0.25, 0.3) is 0 Å². The van der Waals surface area contributed by atoms with Crippen molar-refractivity contribution in [2.45, 2.75) is 38.0 Å². The number of aliphatic carboxylic acids is 1. The van der Waals surface area contributed by atoms with Crippen molar-refractivity contribution >= 4 is 29.3 Å². The Hall–Kier alpha value is -4.89. The highest BCUT2D eigenvalue weighted by Crippen LogP contribution is 2.33. The number of nitrogens with zero attached hydrogens (tertiary/aromatic N) is 2. The molecule has 4 N–H and O–H groups in total. The number of hydrogen-bond acceptors (Lipinski definition) is 5. The van der Waals surface area contributed by atoms with E-state index in [0.717, 1.165) is 43.6 Å². The van der Waals surface area contributed by atoms with Gasteiger partial charge in [0.1, 0.15) is 0 Å². The van der Waals surface area contributed by atoms with Crippen LogP contribution in [0, 0.1) is 11.3 Å². The first-order valence-corrected chi connectivity index (χ1v) is 13.2. The number of anilines is 2. The van der Waals surface area contributed by atoms with Crippen molar-refractivity contribution in [2.75, 3.05) is 23.7 Å². The second kappa shape index (κ2) is 13.2. The maximum atomic E-state index is 12.9. The minimum absolute atomic E-state index is 0.0561. The highest BCUT2D eigenvalue weighted by Gasteiger charge is 2.38. The summed E-state index contributed by atoms with van der Waals surface area (Å²) in [6, 6.07) is 22.3. The SMILES string of the molecule is N#Cc1cccc(NC(=O)N2CCCC2c2ccc(C(=O)Nc3ccc4c(c3)CNCC4)cc2)c1.O=C(O)C(F)(F)F. The van der Waals surface area contributed by atoms with E-state index in [2.05, 4.69) is 28.1 Å². The Bertz CT molecular complexity index is 1500. The van der Waals surface area contributed by atoms with E-state index in [-0.39, 0.29) is 18.0 Å². The van der Waals surface area contributed by atoms with Crippen LogP contribution in [0.2, 0.25) is 0 Å². The lowest BCUT2D eigenvalue weighted by molar-refractivity contribution is -0.192. The lowest BCUT2D eigenvalue weighted by atomic mass is 10.00. The molecule has 1 saturated heterocycles. The smallest absolute Gasteiger partial charge is 0.475 e. The van der Waals surface area contributed by atoms with Crippen LogP contribution in [0.5, 0.6) is 0 Å². The summed E-state index contributed by atoms with van der Waals surface area (Å²) in [5.74, 6) is -2.91. The molecule has 0 aliphatic carbocycles. The van der Waals surface area contributed by atoms with E-state index in [1.54, 1.807) is 24.3 Å². The number of carbonyl (C=O) groups is 3. The van der Waals surface area contributed by atoms with E-state index in [1.807, 2.05) is 41.3 Å². The first kappa shape index (κ1) is 30.1. The van der Waals surface area contributed by atoms with Gasteiger partial charge < -0.3 is 26.0 Å². The minimum Gasteiger partial charge on any atom is -0.475 e. The molecule has 0 bridgehead atoms. The first-order chi connectivity index (χ1) is 20.0. The van der Waals surface area contributed by atoms with Gasteiger partial charge in [0, 0.05) is 30.0 Å². The van der Waals surface area contributed by atoms with Gasteiger partial charge in [0.15, 0.2) is 0 Å². The van der Waals surface area contributed by atoms with Gasteiger partial charge in [0.25, 0.3) is 5.91 Å². The molecule has 3 aromatic carbocycles. The van der Waals surface area contributed by atoms with E-state index in [1.165, 1.54) is 11.1 Å². The van der Waals surface area contributed by atoms with Crippen molar-refractivity contribution in [2.24, 2.45) is 0 Å². The third-order valence-corrected chi connectivity index (χ3v) is 6.91. The first-order valence-electron chi connectivity index (χ1n) is 13.2. The summed E-state index contributed by atoms with van der Waals surface area (Å²) in [4.78, 5) is 36.5. The predicted molar refractivity (Wildman–Crippen MR) is 149 cm³/mol. The van der Waals surface area contributed by atoms with Gasteiger partial charge in [0.2, 0.25) is 0 Å². The number of amides is 3. The number of nitrogens with one attached hydrogen (secondary N) is 3. The van der Waals surface area contributed by atoms with Crippen molar-refractivity contribution < 1.29 is 32.7 Å². The third kappa shape index (κ3) is 7.64. The minimum atomic E-state index is -5.08. The molecule has 9 nitrogen and oxygen atoms in total. The van der Waals surface area contributed by atoms with E-state index in [4.69, 9.17) is 15.2 Å². The molecule has 42 heavy (non-hydrogen) atoms. The lowest BCUT2D eigenvalue weighted by Gasteiger charge is -2.25. The Labute approximate surface area is 239 Å². The van der Waals surface area contributed by atoms with Gasteiger partial charge in [-0.05, 0) is 85.0 Å². The van der Waals surface area contributed by atoms with Crippen LogP contribution in [0.4, 0.5) is 29.3 Å². The predicted octanol–water partition coefficient (Wildman–Crippen LogP) is 5.46. The molecule has 2 aliphatic heterocycles. The highest BCUT2D eigenvalue weighted by atomic mass is 19.4. The molecule has 0 saturated carbocycles. The van der Waals surface area contributed by atoms with Gasteiger partial charge in [-0.2, -0.15) is 18.4 Å². The van der Waals surface area contributed by atoms with Crippen molar-refractivity contribution in [1.29, 1.82) is 5.26 Å². The Balaban J connectivity index is 0.000000517. The summed E-state index contributed by atoms with van der Waals surface area (Å²) < 4.78 is 31.7. The quantitative estimate of drug-likeness (QED) is 0.324. The van der Waals surface area contributed by atoms with Gasteiger partial charge in [0.05, 0.1) is 17.7 Å². The molecular weight excluding hydrogens is 551 g/mol. The Morgan fingerprint density at radius 1 is 0.976 bits per heavy atom. The molecule has 0 spiro atoms. The van der Waals surface area contributed by atoms with Crippen LogP contribution in [0.1, 0.15) is 51.5 Å². The monoisotopic (exact) mass is 579 g/mol. The number of nitriles is 1. The van der Waals surface area contributed by atoms with E-state index >= 15 is 0 Å². The molecule has 2 heterocycles. The zero-order valence-electron chi connectivity index (χ0n) is 22.4. The summed E-state index contributed by atoms with van der Waals surface area (Å²) in [7, 11) is 0. The maximum Gasteiger partial charge on any atom is 0.490 e. The zero-order valence-corrected chi connectivity index (χ0v) is 22.4. The summed E-state index contributed by atoms with van der Waals surface area (Å²) in [5, 5.41) is 25.5. The number of fused-ring (bicyclic) bond motifs is 1. The molecule has 1 unspecified atom stereocenters. The van der Waals surface area contributed by atoms with Gasteiger partial charge in [-0.1, -0.05) is 24.3 Å². The lowest BCUT2D eigenvalue weighted by Crippen LogP contribution is -2.34. The largest absolute Gasteiger partial charge is 0.490 e. The van der Waals surface area contributed by atoms with Crippen molar-refractivity contribution in [3.63, 3.8) is 0 Å². The van der Waals surface area contributed by atoms with Crippen LogP contribution in [0.15, 0.2) is 66.7 Å². The highest BCUT2D eigenvalue weighted by molar-refractivity contribution is 6.04. The molecular formula is C30H28F3N5O4. The number of halogens is 3. The molecule has 3 aromatic rings. The van der Waals surface area contributed by atoms with Crippen LogP contribution in [-0.4, -0.2) is 47.2 Å². The van der Waals surface area contributed by atoms with Crippen molar-refractivity contribution in [3.05, 3.63) is 94.5 Å². The number of carboxylic acids is 1. The average molecular weight is 580 g/mol. The molecule has 3 amide bonds. The standard InChI is InChI=1S/C28H27N5O2.C2HF3O2/c29-17-19-3-1-4-24(15-19)32-28(35)33-14-2-5-26(33)21-6-8-22(9-7-21)27(34)31-25-11-10-20-12-13-30-18-23(20)16-25;3-2(4,5)1(6)7/h1,3-4,6-11,15-16,26,30H,2,5,12-14,18H2,(H,31,34)(H,32,35);(H,6,7). The molecule has 12 heteroatoms. The second-order valence-corrected chi connectivity index (χ2v) is 9.76. The molecule has 1 fully saturated rings. The van der Waals surface area contributed by atoms with Gasteiger partial charge in [-0.15, -0.1) is 0 Å². The van der Waals surface area contributed by atoms with Crippen LogP contribution < -0.4 is 16.0 Å². The van der Waals surface area contributed by atoms with Gasteiger partial charge >= 0.3 is 18.2 Å². The normalized spacial score (nSPS) is 15.9. The maximum absolute atomic E-state index is 12.9. The molecule has 1 atom stereocenters. The summed E-state index contributed by atoms with van der Waals surface area (Å²) >= 11 is 0. The Kier molecular flexibility index (Phi) is 9.44. The average Bonchev–Trinajstić information content (AvgIpc) is 3.47. The van der Waals surface area contributed by atoms with E-state index in [9.17, 15) is 22.8 Å². The second-order valence-electron chi connectivity index (χ2n) is 9.76. The number of hydrogen-bond donors (Lipinski definition) is 4. The van der Waals surface area contributed by atoms with Crippen LogP contribution in [0.3, 0.4) is 0 Å².